The van der Waals surface area contributed by atoms with E-state index in [-0.39, 0.29) is 29.5 Å². The summed E-state index contributed by atoms with van der Waals surface area (Å²) in [6, 6.07) is 12.2. The van der Waals surface area contributed by atoms with Crippen molar-refractivity contribution < 1.29 is 0 Å². The molecule has 1 aromatic carbocycles. The number of rotatable bonds is 9. The number of hydrogen-bond donors (Lipinski definition) is 3. The van der Waals surface area contributed by atoms with Gasteiger partial charge in [0, 0.05) is 50.3 Å². The molecule has 172 valence electrons. The van der Waals surface area contributed by atoms with Crippen LogP contribution in [0.4, 0.5) is 0 Å². The molecule has 0 aliphatic carbocycles. The van der Waals surface area contributed by atoms with Crippen LogP contribution in [0, 0.1) is 0 Å². The van der Waals surface area contributed by atoms with Crippen molar-refractivity contribution >= 4 is 29.9 Å². The van der Waals surface area contributed by atoms with Crippen LogP contribution in [-0.2, 0) is 0 Å². The number of hydrogen-bond acceptors (Lipinski definition) is 3. The molecule has 1 heterocycles. The highest BCUT2D eigenvalue weighted by Crippen LogP contribution is 2.21. The summed E-state index contributed by atoms with van der Waals surface area (Å²) < 4.78 is 0. The monoisotopic (exact) mass is 529 g/mol. The zero-order valence-electron chi connectivity index (χ0n) is 19.9. The second-order valence-electron chi connectivity index (χ2n) is 8.74. The second-order valence-corrected chi connectivity index (χ2v) is 8.74. The Morgan fingerprint density at radius 2 is 1.70 bits per heavy atom. The minimum Gasteiger partial charge on any atom is -0.355 e. The van der Waals surface area contributed by atoms with Gasteiger partial charge in [-0.1, -0.05) is 44.2 Å². The van der Waals surface area contributed by atoms with Crippen molar-refractivity contribution in [2.45, 2.75) is 84.0 Å². The van der Waals surface area contributed by atoms with Crippen molar-refractivity contribution in [3.8, 4) is 0 Å². The number of benzene rings is 1. The van der Waals surface area contributed by atoms with Gasteiger partial charge in [0.05, 0.1) is 0 Å². The van der Waals surface area contributed by atoms with Crippen LogP contribution in [0.1, 0.15) is 71.9 Å². The lowest BCUT2D eigenvalue weighted by atomic mass is 9.90. The fraction of sp³-hybridized carbons (Fsp3) is 0.708. The van der Waals surface area contributed by atoms with Gasteiger partial charge < -0.3 is 20.9 Å². The highest BCUT2D eigenvalue weighted by Gasteiger charge is 2.29. The van der Waals surface area contributed by atoms with E-state index in [1.54, 1.807) is 0 Å². The number of piperidine rings is 1. The Bertz CT molecular complexity index is 607. The van der Waals surface area contributed by atoms with Crippen LogP contribution >= 0.6 is 24.0 Å². The van der Waals surface area contributed by atoms with E-state index in [2.05, 4.69) is 90.8 Å². The summed E-state index contributed by atoms with van der Waals surface area (Å²) in [5.41, 5.74) is 1.37. The quantitative estimate of drug-likeness (QED) is 0.250. The van der Waals surface area contributed by atoms with Crippen LogP contribution in [-0.4, -0.2) is 55.2 Å². The van der Waals surface area contributed by atoms with Crippen molar-refractivity contribution in [2.24, 2.45) is 4.99 Å². The maximum Gasteiger partial charge on any atom is 0.191 e. The highest BCUT2D eigenvalue weighted by atomic mass is 127. The van der Waals surface area contributed by atoms with E-state index in [0.717, 1.165) is 38.4 Å². The van der Waals surface area contributed by atoms with E-state index >= 15 is 0 Å². The molecule has 0 radical (unpaired) electrons. The molecule has 1 saturated heterocycles. The standard InChI is InChI=1S/C24H43N5.HI/c1-7-24(8-2,28-20(5)21-12-10-9-11-13-21)18-26-23(25-6)27-22-14-16-29(17-15-22)19(3)4;/h9-13,19-20,22,28H,7-8,14-18H2,1-6H3,(H2,25,26,27);1H. The van der Waals surface area contributed by atoms with Crippen molar-refractivity contribution in [2.75, 3.05) is 26.7 Å². The molecule has 0 spiro atoms. The predicted octanol–water partition coefficient (Wildman–Crippen LogP) is 4.55. The van der Waals surface area contributed by atoms with E-state index in [1.807, 2.05) is 7.05 Å². The number of aliphatic imine (C=N–C) groups is 1. The summed E-state index contributed by atoms with van der Waals surface area (Å²) in [6.07, 6.45) is 4.48. The van der Waals surface area contributed by atoms with E-state index < -0.39 is 0 Å². The predicted molar refractivity (Wildman–Crippen MR) is 141 cm³/mol. The Morgan fingerprint density at radius 3 is 2.20 bits per heavy atom. The number of likely N-dealkylation sites (tertiary alicyclic amines) is 1. The maximum absolute atomic E-state index is 4.50. The minimum absolute atomic E-state index is 0. The van der Waals surface area contributed by atoms with Gasteiger partial charge in [-0.05, 0) is 52.0 Å². The van der Waals surface area contributed by atoms with E-state index in [9.17, 15) is 0 Å². The molecule has 1 aromatic rings. The van der Waals surface area contributed by atoms with Gasteiger partial charge in [0.25, 0.3) is 0 Å². The third-order valence-electron chi connectivity index (χ3n) is 6.59. The molecule has 0 amide bonds. The fourth-order valence-electron chi connectivity index (χ4n) is 4.24. The van der Waals surface area contributed by atoms with Crippen molar-refractivity contribution in [1.29, 1.82) is 0 Å². The largest absolute Gasteiger partial charge is 0.355 e. The fourth-order valence-corrected chi connectivity index (χ4v) is 4.24. The summed E-state index contributed by atoms with van der Waals surface area (Å²) in [4.78, 5) is 7.06. The molecular weight excluding hydrogens is 485 g/mol. The van der Waals surface area contributed by atoms with Crippen molar-refractivity contribution in [3.05, 3.63) is 35.9 Å². The Balaban J connectivity index is 0.00000450. The summed E-state index contributed by atoms with van der Waals surface area (Å²) in [7, 11) is 1.87. The number of guanidine groups is 1. The van der Waals surface area contributed by atoms with E-state index in [1.165, 1.54) is 18.4 Å². The summed E-state index contributed by atoms with van der Waals surface area (Å²) in [5, 5.41) is 11.2. The summed E-state index contributed by atoms with van der Waals surface area (Å²) in [5.74, 6) is 0.924. The third-order valence-corrected chi connectivity index (χ3v) is 6.59. The highest BCUT2D eigenvalue weighted by molar-refractivity contribution is 14.0. The molecule has 6 heteroatoms. The molecule has 1 aliphatic heterocycles. The first kappa shape index (κ1) is 27.2. The van der Waals surface area contributed by atoms with E-state index in [0.29, 0.717) is 18.1 Å². The Hall–Kier alpha value is -0.860. The Morgan fingerprint density at radius 1 is 1.10 bits per heavy atom. The van der Waals surface area contributed by atoms with Crippen LogP contribution in [0.25, 0.3) is 0 Å². The van der Waals surface area contributed by atoms with Crippen LogP contribution in [0.15, 0.2) is 35.3 Å². The van der Waals surface area contributed by atoms with Gasteiger partial charge in [0.1, 0.15) is 0 Å². The smallest absolute Gasteiger partial charge is 0.191 e. The van der Waals surface area contributed by atoms with E-state index in [4.69, 9.17) is 0 Å². The summed E-state index contributed by atoms with van der Waals surface area (Å²) >= 11 is 0. The molecule has 1 aliphatic rings. The van der Waals surface area contributed by atoms with Gasteiger partial charge in [-0.15, -0.1) is 24.0 Å². The van der Waals surface area contributed by atoms with Crippen LogP contribution in [0.2, 0.25) is 0 Å². The maximum atomic E-state index is 4.50. The molecular formula is C24H44IN5. The number of nitrogens with one attached hydrogen (secondary N) is 3. The van der Waals surface area contributed by atoms with Crippen molar-refractivity contribution in [3.63, 3.8) is 0 Å². The molecule has 5 nitrogen and oxygen atoms in total. The molecule has 30 heavy (non-hydrogen) atoms. The van der Waals surface area contributed by atoms with Crippen LogP contribution in [0.3, 0.4) is 0 Å². The lowest BCUT2D eigenvalue weighted by Crippen LogP contribution is -2.56. The SMILES string of the molecule is CCC(CC)(CNC(=NC)NC1CCN(C(C)C)CC1)NC(C)c1ccccc1.I. The van der Waals surface area contributed by atoms with Crippen LogP contribution < -0.4 is 16.0 Å². The average Bonchev–Trinajstić information content (AvgIpc) is 2.76. The molecule has 0 bridgehead atoms. The molecule has 1 fully saturated rings. The van der Waals surface area contributed by atoms with Crippen molar-refractivity contribution in [1.82, 2.24) is 20.9 Å². The molecule has 1 unspecified atom stereocenters. The Kier molecular flexibility index (Phi) is 12.3. The topological polar surface area (TPSA) is 51.7 Å². The molecule has 3 N–H and O–H groups in total. The zero-order valence-corrected chi connectivity index (χ0v) is 22.2. The first-order valence-corrected chi connectivity index (χ1v) is 11.5. The second kappa shape index (κ2) is 13.5. The molecule has 0 saturated carbocycles. The van der Waals surface area contributed by atoms with Gasteiger partial charge in [-0.2, -0.15) is 0 Å². The number of halogens is 1. The first-order valence-electron chi connectivity index (χ1n) is 11.5. The molecule has 0 aromatic heterocycles. The van der Waals surface area contributed by atoms with Crippen LogP contribution in [0.5, 0.6) is 0 Å². The molecule has 2 rings (SSSR count). The van der Waals surface area contributed by atoms with Gasteiger partial charge in [-0.25, -0.2) is 0 Å². The van der Waals surface area contributed by atoms with Gasteiger partial charge in [0.2, 0.25) is 0 Å². The number of nitrogens with zero attached hydrogens (tertiary/aromatic N) is 2. The summed E-state index contributed by atoms with van der Waals surface area (Å²) in [6.45, 7) is 14.6. The van der Waals surface area contributed by atoms with Gasteiger partial charge in [0.15, 0.2) is 5.96 Å². The molecule has 1 atom stereocenters. The first-order chi connectivity index (χ1) is 13.9. The minimum atomic E-state index is 0. The third kappa shape index (κ3) is 8.00. The van der Waals surface area contributed by atoms with Gasteiger partial charge in [-0.3, -0.25) is 4.99 Å². The normalized spacial score (nSPS) is 17.5. The lowest BCUT2D eigenvalue weighted by molar-refractivity contribution is 0.167. The lowest BCUT2D eigenvalue weighted by Gasteiger charge is -2.38. The zero-order chi connectivity index (χ0) is 21.3. The van der Waals surface area contributed by atoms with Gasteiger partial charge >= 0.3 is 0 Å². The average molecular weight is 530 g/mol. The Labute approximate surface area is 201 Å².